The van der Waals surface area contributed by atoms with Gasteiger partial charge in [0.05, 0.1) is 5.76 Å². The van der Waals surface area contributed by atoms with E-state index in [-0.39, 0.29) is 0 Å². The smallest absolute Gasteiger partial charge is 0.0852 e. The van der Waals surface area contributed by atoms with Crippen LogP contribution in [0, 0.1) is 0 Å². The van der Waals surface area contributed by atoms with Crippen LogP contribution >= 0.6 is 0 Å². The van der Waals surface area contributed by atoms with Crippen molar-refractivity contribution in [3.05, 3.63) is 11.8 Å². The highest BCUT2D eigenvalue weighted by atomic mass is 16.3. The molecule has 0 saturated carbocycles. The van der Waals surface area contributed by atoms with E-state index in [2.05, 4.69) is 0 Å². The first-order valence-electron chi connectivity index (χ1n) is 2.33. The quantitative estimate of drug-likeness (QED) is 0.505. The molecule has 0 rings (SSSR count). The van der Waals surface area contributed by atoms with E-state index < -0.39 is 0 Å². The first-order chi connectivity index (χ1) is 3.27. The maximum atomic E-state index is 8.49. The lowest BCUT2D eigenvalue weighted by Crippen LogP contribution is -1.95. The largest absolute Gasteiger partial charge is 0.513 e. The van der Waals surface area contributed by atoms with E-state index in [1.807, 2.05) is 0 Å². The molecule has 0 atom stereocenters. The van der Waals surface area contributed by atoms with E-state index in [0.717, 1.165) is 6.42 Å². The van der Waals surface area contributed by atoms with E-state index >= 15 is 0 Å². The Morgan fingerprint density at radius 2 is 2.43 bits per heavy atom. The molecule has 0 aromatic carbocycles. The first-order valence-corrected chi connectivity index (χ1v) is 2.33. The Balaban J connectivity index is 3.08. The standard InChI is InChI=1S/C5H11NO/c1-5(7)3-2-4-6/h3,7H,2,4,6H2,1H3/b5-3+. The molecule has 0 aromatic rings. The van der Waals surface area contributed by atoms with Gasteiger partial charge >= 0.3 is 0 Å². The summed E-state index contributed by atoms with van der Waals surface area (Å²) < 4.78 is 0. The molecule has 0 unspecified atom stereocenters. The minimum Gasteiger partial charge on any atom is -0.513 e. The predicted octanol–water partition coefficient (Wildman–Crippen LogP) is 0.797. The number of hydrogen-bond acceptors (Lipinski definition) is 2. The lowest BCUT2D eigenvalue weighted by molar-refractivity contribution is 0.411. The Morgan fingerprint density at radius 3 is 2.57 bits per heavy atom. The van der Waals surface area contributed by atoms with Gasteiger partial charge in [-0.3, -0.25) is 0 Å². The van der Waals surface area contributed by atoms with Gasteiger partial charge < -0.3 is 10.8 Å². The SMILES string of the molecule is C/C(O)=C\CCN. The molecule has 0 aliphatic rings. The lowest BCUT2D eigenvalue weighted by Gasteiger charge is -1.85. The normalized spacial score (nSPS) is 12.0. The minimum absolute atomic E-state index is 0.352. The predicted molar refractivity (Wildman–Crippen MR) is 30.1 cm³/mol. The molecule has 3 N–H and O–H groups in total. The van der Waals surface area contributed by atoms with E-state index in [9.17, 15) is 0 Å². The zero-order chi connectivity index (χ0) is 5.70. The Morgan fingerprint density at radius 1 is 1.86 bits per heavy atom. The van der Waals surface area contributed by atoms with Gasteiger partial charge in [-0.1, -0.05) is 0 Å². The molecule has 0 saturated heterocycles. The van der Waals surface area contributed by atoms with Crippen molar-refractivity contribution in [1.82, 2.24) is 0 Å². The Labute approximate surface area is 43.6 Å². The van der Waals surface area contributed by atoms with Crippen molar-refractivity contribution in [3.63, 3.8) is 0 Å². The van der Waals surface area contributed by atoms with Crippen molar-refractivity contribution < 1.29 is 5.11 Å². The highest BCUT2D eigenvalue weighted by Gasteiger charge is 1.75. The second-order valence-corrected chi connectivity index (χ2v) is 1.42. The molecule has 0 amide bonds. The van der Waals surface area contributed by atoms with Crippen LogP contribution in [0.1, 0.15) is 13.3 Å². The van der Waals surface area contributed by atoms with Crippen molar-refractivity contribution in [2.75, 3.05) is 6.54 Å². The maximum Gasteiger partial charge on any atom is 0.0852 e. The van der Waals surface area contributed by atoms with Crippen LogP contribution in [-0.2, 0) is 0 Å². The fourth-order valence-corrected chi connectivity index (χ4v) is 0.292. The summed E-state index contributed by atoms with van der Waals surface area (Å²) in [6.07, 6.45) is 2.46. The van der Waals surface area contributed by atoms with E-state index in [4.69, 9.17) is 10.8 Å². The summed E-state index contributed by atoms with van der Waals surface area (Å²) in [6.45, 7) is 2.24. The van der Waals surface area contributed by atoms with Crippen molar-refractivity contribution in [3.8, 4) is 0 Å². The fraction of sp³-hybridized carbons (Fsp3) is 0.600. The third kappa shape index (κ3) is 5.50. The van der Waals surface area contributed by atoms with E-state index in [1.54, 1.807) is 13.0 Å². The second kappa shape index (κ2) is 3.68. The van der Waals surface area contributed by atoms with Gasteiger partial charge in [0.15, 0.2) is 0 Å². The minimum atomic E-state index is 0.352. The van der Waals surface area contributed by atoms with Crippen LogP contribution in [0.4, 0.5) is 0 Å². The number of rotatable bonds is 2. The van der Waals surface area contributed by atoms with Crippen molar-refractivity contribution in [2.24, 2.45) is 5.73 Å². The average Bonchev–Trinajstić information content (AvgIpc) is 1.61. The number of aliphatic hydroxyl groups excluding tert-OH is 1. The third-order valence-corrected chi connectivity index (χ3v) is 0.606. The fourth-order valence-electron chi connectivity index (χ4n) is 0.292. The Bertz CT molecular complexity index is 64.5. The molecular weight excluding hydrogens is 90.1 g/mol. The molecule has 0 aliphatic heterocycles. The monoisotopic (exact) mass is 101 g/mol. The third-order valence-electron chi connectivity index (χ3n) is 0.606. The van der Waals surface area contributed by atoms with E-state index in [0.29, 0.717) is 12.3 Å². The molecule has 2 nitrogen and oxygen atoms in total. The summed E-state index contributed by atoms with van der Waals surface area (Å²) in [7, 11) is 0. The average molecular weight is 101 g/mol. The Hall–Kier alpha value is -0.500. The lowest BCUT2D eigenvalue weighted by atomic mass is 10.4. The first kappa shape index (κ1) is 6.50. The molecule has 0 spiro atoms. The molecule has 0 heterocycles. The summed E-state index contributed by atoms with van der Waals surface area (Å²) in [5, 5.41) is 8.49. The van der Waals surface area contributed by atoms with Crippen molar-refractivity contribution >= 4 is 0 Å². The summed E-state index contributed by atoms with van der Waals surface area (Å²) in [4.78, 5) is 0. The molecule has 0 fully saturated rings. The molecular formula is C5H11NO. The van der Waals surface area contributed by atoms with Gasteiger partial charge in [0.1, 0.15) is 0 Å². The molecule has 0 aliphatic carbocycles. The van der Waals surface area contributed by atoms with Crippen LogP contribution in [0.3, 0.4) is 0 Å². The van der Waals surface area contributed by atoms with Crippen LogP contribution in [0.15, 0.2) is 11.8 Å². The zero-order valence-corrected chi connectivity index (χ0v) is 4.52. The summed E-state index contributed by atoms with van der Waals surface area (Å²) in [5.74, 6) is 0.352. The van der Waals surface area contributed by atoms with Gasteiger partial charge in [0, 0.05) is 0 Å². The van der Waals surface area contributed by atoms with Gasteiger partial charge in [-0.15, -0.1) is 0 Å². The molecule has 0 bridgehead atoms. The summed E-state index contributed by atoms with van der Waals surface area (Å²) in [6, 6.07) is 0. The van der Waals surface area contributed by atoms with Gasteiger partial charge in [0.25, 0.3) is 0 Å². The van der Waals surface area contributed by atoms with Crippen molar-refractivity contribution in [1.29, 1.82) is 0 Å². The van der Waals surface area contributed by atoms with Gasteiger partial charge in [-0.05, 0) is 26.0 Å². The Kier molecular flexibility index (Phi) is 3.42. The van der Waals surface area contributed by atoms with Crippen molar-refractivity contribution in [2.45, 2.75) is 13.3 Å². The van der Waals surface area contributed by atoms with E-state index in [1.165, 1.54) is 0 Å². The molecule has 0 aromatic heterocycles. The molecule has 7 heavy (non-hydrogen) atoms. The van der Waals surface area contributed by atoms with Crippen LogP contribution in [0.2, 0.25) is 0 Å². The zero-order valence-electron chi connectivity index (χ0n) is 4.52. The van der Waals surface area contributed by atoms with Crippen LogP contribution in [0.25, 0.3) is 0 Å². The maximum absolute atomic E-state index is 8.49. The van der Waals surface area contributed by atoms with Gasteiger partial charge in [-0.25, -0.2) is 0 Å². The van der Waals surface area contributed by atoms with Crippen LogP contribution < -0.4 is 5.73 Å². The topological polar surface area (TPSA) is 46.2 Å². The number of allylic oxidation sites excluding steroid dienone is 1. The second-order valence-electron chi connectivity index (χ2n) is 1.42. The number of hydrogen-bond donors (Lipinski definition) is 2. The molecule has 42 valence electrons. The highest BCUT2D eigenvalue weighted by Crippen LogP contribution is 1.85. The van der Waals surface area contributed by atoms with Gasteiger partial charge in [-0.2, -0.15) is 0 Å². The highest BCUT2D eigenvalue weighted by molar-refractivity contribution is 4.85. The molecule has 0 radical (unpaired) electrons. The van der Waals surface area contributed by atoms with Gasteiger partial charge in [0.2, 0.25) is 0 Å². The summed E-state index contributed by atoms with van der Waals surface area (Å²) >= 11 is 0. The number of nitrogens with two attached hydrogens (primary N) is 1. The number of aliphatic hydroxyl groups is 1. The van der Waals surface area contributed by atoms with Crippen LogP contribution in [0.5, 0.6) is 0 Å². The molecule has 2 heteroatoms. The van der Waals surface area contributed by atoms with Crippen LogP contribution in [-0.4, -0.2) is 11.7 Å². The summed E-state index contributed by atoms with van der Waals surface area (Å²) in [5.41, 5.74) is 5.12.